The fourth-order valence-electron chi connectivity index (χ4n) is 2.49. The Hall–Kier alpha value is -3.55. The Kier molecular flexibility index (Phi) is 5.55. The number of methoxy groups -OCH3 is 3. The van der Waals surface area contributed by atoms with Crippen LogP contribution in [0, 0.1) is 0 Å². The zero-order chi connectivity index (χ0) is 19.2. The summed E-state index contributed by atoms with van der Waals surface area (Å²) in [6.07, 6.45) is 0. The van der Waals surface area contributed by atoms with E-state index in [1.807, 2.05) is 18.2 Å². The number of nitrogens with one attached hydrogen (secondary N) is 1. The summed E-state index contributed by atoms with van der Waals surface area (Å²) in [6, 6.07) is 12.2. The summed E-state index contributed by atoms with van der Waals surface area (Å²) in [5.74, 6) is 1.96. The Labute approximate surface area is 156 Å². The van der Waals surface area contributed by atoms with Gasteiger partial charge in [0.1, 0.15) is 5.75 Å². The molecule has 1 aromatic heterocycles. The highest BCUT2D eigenvalue weighted by atomic mass is 16.5. The number of hydrogen-bond acceptors (Lipinski definition) is 7. The zero-order valence-electron chi connectivity index (χ0n) is 15.2. The molecule has 0 atom stereocenters. The first-order valence-corrected chi connectivity index (χ1v) is 8.12. The maximum absolute atomic E-state index is 12.3. The number of ether oxygens (including phenoxy) is 3. The van der Waals surface area contributed by atoms with Gasteiger partial charge in [0.25, 0.3) is 11.8 Å². The van der Waals surface area contributed by atoms with Gasteiger partial charge in [-0.15, -0.1) is 10.2 Å². The molecule has 0 bridgehead atoms. The lowest BCUT2D eigenvalue weighted by Crippen LogP contribution is -2.23. The van der Waals surface area contributed by atoms with Crippen LogP contribution >= 0.6 is 0 Å². The predicted molar refractivity (Wildman–Crippen MR) is 97.0 cm³/mol. The molecule has 0 aliphatic heterocycles. The Morgan fingerprint density at radius 3 is 2.44 bits per heavy atom. The molecule has 8 nitrogen and oxygen atoms in total. The predicted octanol–water partition coefficient (Wildman–Crippen LogP) is 2.69. The SMILES string of the molecule is COc1ccc(C(=O)NCc2nnc(-c3ccccc3OC)o2)cc1OC. The molecular weight excluding hydrogens is 350 g/mol. The van der Waals surface area contributed by atoms with Gasteiger partial charge < -0.3 is 23.9 Å². The summed E-state index contributed by atoms with van der Waals surface area (Å²) in [6.45, 7) is 0.0926. The zero-order valence-corrected chi connectivity index (χ0v) is 15.2. The highest BCUT2D eigenvalue weighted by molar-refractivity contribution is 5.94. The van der Waals surface area contributed by atoms with E-state index in [-0.39, 0.29) is 18.3 Å². The van der Waals surface area contributed by atoms with Crippen LogP contribution in [0.5, 0.6) is 17.2 Å². The molecule has 1 amide bonds. The van der Waals surface area contributed by atoms with Crippen LogP contribution in [-0.2, 0) is 6.54 Å². The molecule has 0 fully saturated rings. The lowest BCUT2D eigenvalue weighted by Gasteiger charge is -2.09. The van der Waals surface area contributed by atoms with E-state index >= 15 is 0 Å². The summed E-state index contributed by atoms with van der Waals surface area (Å²) in [5, 5.41) is 10.7. The molecule has 2 aromatic carbocycles. The van der Waals surface area contributed by atoms with Crippen molar-refractivity contribution in [1.82, 2.24) is 15.5 Å². The number of para-hydroxylation sites is 1. The number of nitrogens with zero attached hydrogens (tertiary/aromatic N) is 2. The van der Waals surface area contributed by atoms with E-state index in [1.165, 1.54) is 14.2 Å². The minimum atomic E-state index is -0.298. The average Bonchev–Trinajstić information content (AvgIpc) is 3.20. The third kappa shape index (κ3) is 4.00. The van der Waals surface area contributed by atoms with E-state index in [2.05, 4.69) is 15.5 Å². The van der Waals surface area contributed by atoms with E-state index < -0.39 is 0 Å². The molecule has 0 aliphatic carbocycles. The number of hydrogen-bond donors (Lipinski definition) is 1. The van der Waals surface area contributed by atoms with Gasteiger partial charge in [0, 0.05) is 5.56 Å². The Morgan fingerprint density at radius 2 is 1.70 bits per heavy atom. The second kappa shape index (κ2) is 8.22. The fourth-order valence-corrected chi connectivity index (χ4v) is 2.49. The second-order valence-corrected chi connectivity index (χ2v) is 5.45. The average molecular weight is 369 g/mol. The van der Waals surface area contributed by atoms with Crippen LogP contribution in [0.15, 0.2) is 46.9 Å². The highest BCUT2D eigenvalue weighted by Gasteiger charge is 2.15. The lowest BCUT2D eigenvalue weighted by molar-refractivity contribution is 0.0947. The molecule has 0 aliphatic rings. The van der Waals surface area contributed by atoms with Crippen LogP contribution < -0.4 is 19.5 Å². The maximum Gasteiger partial charge on any atom is 0.251 e. The molecule has 27 heavy (non-hydrogen) atoms. The van der Waals surface area contributed by atoms with Gasteiger partial charge in [0.2, 0.25) is 5.89 Å². The van der Waals surface area contributed by atoms with Crippen LogP contribution in [0.25, 0.3) is 11.5 Å². The highest BCUT2D eigenvalue weighted by Crippen LogP contribution is 2.29. The standard InChI is InChI=1S/C19H19N3O5/c1-24-14-7-5-4-6-13(14)19-22-21-17(27-19)11-20-18(23)12-8-9-15(25-2)16(10-12)26-3/h4-10H,11H2,1-3H3,(H,20,23). The summed E-state index contributed by atoms with van der Waals surface area (Å²) < 4.78 is 21.3. The molecule has 0 spiro atoms. The lowest BCUT2D eigenvalue weighted by atomic mass is 10.2. The minimum absolute atomic E-state index is 0.0926. The van der Waals surface area contributed by atoms with Crippen molar-refractivity contribution >= 4 is 5.91 Å². The van der Waals surface area contributed by atoms with Gasteiger partial charge in [-0.05, 0) is 30.3 Å². The first-order valence-electron chi connectivity index (χ1n) is 8.12. The molecule has 0 unspecified atom stereocenters. The van der Waals surface area contributed by atoms with Crippen molar-refractivity contribution in [3.05, 3.63) is 53.9 Å². The van der Waals surface area contributed by atoms with Crippen molar-refractivity contribution in [3.63, 3.8) is 0 Å². The van der Waals surface area contributed by atoms with Gasteiger partial charge in [-0.2, -0.15) is 0 Å². The van der Waals surface area contributed by atoms with Crippen LogP contribution in [0.1, 0.15) is 16.2 Å². The monoisotopic (exact) mass is 369 g/mol. The van der Waals surface area contributed by atoms with Crippen molar-refractivity contribution < 1.29 is 23.4 Å². The second-order valence-electron chi connectivity index (χ2n) is 5.45. The van der Waals surface area contributed by atoms with Gasteiger partial charge in [-0.3, -0.25) is 4.79 Å². The first-order chi connectivity index (χ1) is 13.2. The molecular formula is C19H19N3O5. The number of amides is 1. The molecule has 140 valence electrons. The van der Waals surface area contributed by atoms with Crippen molar-refractivity contribution in [2.75, 3.05) is 21.3 Å². The fraction of sp³-hybridized carbons (Fsp3) is 0.211. The summed E-state index contributed by atoms with van der Waals surface area (Å²) in [4.78, 5) is 12.3. The molecule has 1 N–H and O–H groups in total. The molecule has 0 saturated carbocycles. The van der Waals surface area contributed by atoms with E-state index in [1.54, 1.807) is 31.4 Å². The number of aromatic nitrogens is 2. The molecule has 3 rings (SSSR count). The molecule has 0 saturated heterocycles. The van der Waals surface area contributed by atoms with Crippen LogP contribution in [0.2, 0.25) is 0 Å². The smallest absolute Gasteiger partial charge is 0.251 e. The third-order valence-corrected chi connectivity index (χ3v) is 3.85. The summed E-state index contributed by atoms with van der Waals surface area (Å²) >= 11 is 0. The molecule has 1 heterocycles. The van der Waals surface area contributed by atoms with E-state index in [9.17, 15) is 4.79 Å². The van der Waals surface area contributed by atoms with Gasteiger partial charge >= 0.3 is 0 Å². The topological polar surface area (TPSA) is 95.7 Å². The quantitative estimate of drug-likeness (QED) is 0.684. The molecule has 0 radical (unpaired) electrons. The number of carbonyl (C=O) groups excluding carboxylic acids is 1. The Bertz CT molecular complexity index is 939. The normalized spacial score (nSPS) is 10.3. The number of carbonyl (C=O) groups is 1. The molecule has 8 heteroatoms. The van der Waals surface area contributed by atoms with Crippen LogP contribution in [0.3, 0.4) is 0 Å². The van der Waals surface area contributed by atoms with Gasteiger partial charge in [0.15, 0.2) is 11.5 Å². The van der Waals surface area contributed by atoms with Crippen molar-refractivity contribution in [2.45, 2.75) is 6.54 Å². The Balaban J connectivity index is 1.69. The van der Waals surface area contributed by atoms with Gasteiger partial charge in [-0.1, -0.05) is 12.1 Å². The minimum Gasteiger partial charge on any atom is -0.496 e. The molecule has 3 aromatic rings. The third-order valence-electron chi connectivity index (χ3n) is 3.85. The number of rotatable bonds is 7. The van der Waals surface area contributed by atoms with Crippen LogP contribution in [-0.4, -0.2) is 37.4 Å². The first kappa shape index (κ1) is 18.2. The van der Waals surface area contributed by atoms with Crippen molar-refractivity contribution in [2.24, 2.45) is 0 Å². The van der Waals surface area contributed by atoms with Crippen LogP contribution in [0.4, 0.5) is 0 Å². The Morgan fingerprint density at radius 1 is 0.963 bits per heavy atom. The summed E-state index contributed by atoms with van der Waals surface area (Å²) in [7, 11) is 4.61. The van der Waals surface area contributed by atoms with E-state index in [0.717, 1.165) is 0 Å². The number of benzene rings is 2. The summed E-state index contributed by atoms with van der Waals surface area (Å²) in [5.41, 5.74) is 1.11. The maximum atomic E-state index is 12.3. The van der Waals surface area contributed by atoms with Crippen molar-refractivity contribution in [3.8, 4) is 28.7 Å². The van der Waals surface area contributed by atoms with E-state index in [0.29, 0.717) is 34.3 Å². The van der Waals surface area contributed by atoms with Crippen molar-refractivity contribution in [1.29, 1.82) is 0 Å². The largest absolute Gasteiger partial charge is 0.496 e. The van der Waals surface area contributed by atoms with E-state index in [4.69, 9.17) is 18.6 Å². The van der Waals surface area contributed by atoms with Gasteiger partial charge in [0.05, 0.1) is 33.4 Å². The van der Waals surface area contributed by atoms with Gasteiger partial charge in [-0.25, -0.2) is 0 Å².